The summed E-state index contributed by atoms with van der Waals surface area (Å²) in [6.07, 6.45) is 6.31. The van der Waals surface area contributed by atoms with E-state index in [1.54, 1.807) is 0 Å². The molecule has 0 bridgehead atoms. The molecule has 17 heavy (non-hydrogen) atoms. The second kappa shape index (κ2) is 5.38. The fourth-order valence-corrected chi connectivity index (χ4v) is 3.69. The Kier molecular flexibility index (Phi) is 4.08. The number of likely N-dealkylation sites (tertiary alicyclic amines) is 1. The summed E-state index contributed by atoms with van der Waals surface area (Å²) < 4.78 is 0. The van der Waals surface area contributed by atoms with Crippen LogP contribution in [0.1, 0.15) is 46.0 Å². The van der Waals surface area contributed by atoms with E-state index in [1.807, 2.05) is 0 Å². The summed E-state index contributed by atoms with van der Waals surface area (Å²) >= 11 is 0. The maximum atomic E-state index is 11.3. The molecule has 1 N–H and O–H groups in total. The molecule has 1 aliphatic heterocycles. The zero-order valence-corrected chi connectivity index (χ0v) is 11.1. The third kappa shape index (κ3) is 3.01. The van der Waals surface area contributed by atoms with Crippen molar-refractivity contribution in [2.24, 2.45) is 17.8 Å². The third-order valence-electron chi connectivity index (χ3n) is 4.59. The van der Waals surface area contributed by atoms with Crippen molar-refractivity contribution in [3.63, 3.8) is 0 Å². The van der Waals surface area contributed by atoms with Gasteiger partial charge in [-0.05, 0) is 43.6 Å². The lowest BCUT2D eigenvalue weighted by Gasteiger charge is -2.32. The highest BCUT2D eigenvalue weighted by Crippen LogP contribution is 2.32. The molecule has 0 aromatic rings. The summed E-state index contributed by atoms with van der Waals surface area (Å²) in [5.74, 6) is 1.25. The molecule has 2 aliphatic rings. The summed E-state index contributed by atoms with van der Waals surface area (Å²) in [6, 6.07) is -0.229. The Morgan fingerprint density at radius 3 is 2.71 bits per heavy atom. The second-order valence-corrected chi connectivity index (χ2v) is 6.18. The molecule has 0 radical (unpaired) electrons. The number of carboxylic acids is 1. The molecule has 0 amide bonds. The van der Waals surface area contributed by atoms with Crippen molar-refractivity contribution in [3.8, 4) is 0 Å². The number of aliphatic carboxylic acids is 1. The van der Waals surface area contributed by atoms with Crippen molar-refractivity contribution in [3.05, 3.63) is 0 Å². The van der Waals surface area contributed by atoms with Crippen molar-refractivity contribution in [2.45, 2.75) is 52.0 Å². The lowest BCUT2D eigenvalue weighted by Crippen LogP contribution is -2.42. The largest absolute Gasteiger partial charge is 0.480 e. The van der Waals surface area contributed by atoms with Crippen LogP contribution in [-0.2, 0) is 4.79 Å². The number of hydrogen-bond acceptors (Lipinski definition) is 2. The summed E-state index contributed by atoms with van der Waals surface area (Å²) in [5.41, 5.74) is 0. The van der Waals surface area contributed by atoms with Gasteiger partial charge in [-0.3, -0.25) is 9.69 Å². The summed E-state index contributed by atoms with van der Waals surface area (Å²) in [7, 11) is 0. The van der Waals surface area contributed by atoms with Crippen molar-refractivity contribution >= 4 is 5.97 Å². The number of hydrogen-bond donors (Lipinski definition) is 1. The molecule has 3 heteroatoms. The molecule has 0 spiro atoms. The number of rotatable bonds is 3. The fourth-order valence-electron chi connectivity index (χ4n) is 3.69. The number of carbonyl (C=O) groups is 1. The Morgan fingerprint density at radius 1 is 1.29 bits per heavy atom. The highest BCUT2D eigenvalue weighted by atomic mass is 16.4. The highest BCUT2D eigenvalue weighted by Gasteiger charge is 2.37. The van der Waals surface area contributed by atoms with E-state index in [1.165, 1.54) is 25.7 Å². The molecule has 4 atom stereocenters. The predicted octanol–water partition coefficient (Wildman–Crippen LogP) is 2.61. The van der Waals surface area contributed by atoms with E-state index >= 15 is 0 Å². The van der Waals surface area contributed by atoms with Crippen molar-refractivity contribution in [1.29, 1.82) is 0 Å². The van der Waals surface area contributed by atoms with Gasteiger partial charge < -0.3 is 5.11 Å². The van der Waals surface area contributed by atoms with Gasteiger partial charge in [-0.1, -0.05) is 26.7 Å². The van der Waals surface area contributed by atoms with E-state index in [9.17, 15) is 9.90 Å². The Labute approximate surface area is 104 Å². The Hall–Kier alpha value is -0.570. The molecule has 0 aromatic carbocycles. The number of carboxylic acid groups (broad SMARTS) is 1. The van der Waals surface area contributed by atoms with Crippen molar-refractivity contribution in [2.75, 3.05) is 13.1 Å². The Bertz CT molecular complexity index is 279. The smallest absolute Gasteiger partial charge is 0.321 e. The molecule has 1 saturated heterocycles. The highest BCUT2D eigenvalue weighted by molar-refractivity contribution is 5.74. The van der Waals surface area contributed by atoms with Gasteiger partial charge in [0, 0.05) is 6.54 Å². The fraction of sp³-hybridized carbons (Fsp3) is 0.929. The van der Waals surface area contributed by atoms with E-state index in [0.29, 0.717) is 5.92 Å². The van der Waals surface area contributed by atoms with Crippen molar-refractivity contribution in [1.82, 2.24) is 4.90 Å². The molecule has 0 aromatic heterocycles. The SMILES string of the molecule is CC1CCCC(CN2CCC(C)C2C(=O)O)C1. The lowest BCUT2D eigenvalue weighted by atomic mass is 9.82. The maximum Gasteiger partial charge on any atom is 0.321 e. The van der Waals surface area contributed by atoms with Gasteiger partial charge in [0.05, 0.1) is 0 Å². The average Bonchev–Trinajstić information content (AvgIpc) is 2.59. The van der Waals surface area contributed by atoms with Gasteiger partial charge in [0.2, 0.25) is 0 Å². The van der Waals surface area contributed by atoms with Gasteiger partial charge in [-0.25, -0.2) is 0 Å². The molecule has 98 valence electrons. The molecular formula is C14H25NO2. The van der Waals surface area contributed by atoms with Crippen LogP contribution in [0.5, 0.6) is 0 Å². The first kappa shape index (κ1) is 12.9. The average molecular weight is 239 g/mol. The molecule has 1 saturated carbocycles. The first-order valence-electron chi connectivity index (χ1n) is 7.04. The molecule has 2 rings (SSSR count). The van der Waals surface area contributed by atoms with E-state index < -0.39 is 5.97 Å². The lowest BCUT2D eigenvalue weighted by molar-refractivity contribution is -0.143. The quantitative estimate of drug-likeness (QED) is 0.823. The minimum atomic E-state index is -0.626. The Morgan fingerprint density at radius 2 is 2.06 bits per heavy atom. The number of nitrogens with zero attached hydrogens (tertiary/aromatic N) is 1. The van der Waals surface area contributed by atoms with Gasteiger partial charge in [-0.2, -0.15) is 0 Å². The Balaban J connectivity index is 1.91. The summed E-state index contributed by atoms with van der Waals surface area (Å²) in [6.45, 7) is 6.38. The molecule has 3 nitrogen and oxygen atoms in total. The van der Waals surface area contributed by atoms with Crippen LogP contribution in [0.25, 0.3) is 0 Å². The summed E-state index contributed by atoms with van der Waals surface area (Å²) in [5, 5.41) is 9.29. The first-order chi connectivity index (χ1) is 8.08. The van der Waals surface area contributed by atoms with Crippen LogP contribution in [0.3, 0.4) is 0 Å². The molecule has 1 aliphatic carbocycles. The van der Waals surface area contributed by atoms with Gasteiger partial charge in [0.15, 0.2) is 0 Å². The van der Waals surface area contributed by atoms with Crippen LogP contribution >= 0.6 is 0 Å². The minimum absolute atomic E-state index is 0.229. The minimum Gasteiger partial charge on any atom is -0.480 e. The van der Waals surface area contributed by atoms with Crippen LogP contribution in [0.4, 0.5) is 0 Å². The topological polar surface area (TPSA) is 40.5 Å². The molecule has 4 unspecified atom stereocenters. The molecule has 1 heterocycles. The normalized spacial score (nSPS) is 39.4. The third-order valence-corrected chi connectivity index (χ3v) is 4.59. The standard InChI is InChI=1S/C14H25NO2/c1-10-4-3-5-12(8-10)9-15-7-6-11(2)13(15)14(16)17/h10-13H,3-9H2,1-2H3,(H,16,17). The van der Waals surface area contributed by atoms with Crippen LogP contribution < -0.4 is 0 Å². The van der Waals surface area contributed by atoms with E-state index in [0.717, 1.165) is 31.3 Å². The van der Waals surface area contributed by atoms with E-state index in [2.05, 4.69) is 18.7 Å². The zero-order chi connectivity index (χ0) is 12.4. The van der Waals surface area contributed by atoms with Gasteiger partial charge in [-0.15, -0.1) is 0 Å². The van der Waals surface area contributed by atoms with Gasteiger partial charge in [0.1, 0.15) is 6.04 Å². The zero-order valence-electron chi connectivity index (χ0n) is 11.1. The van der Waals surface area contributed by atoms with Crippen LogP contribution in [0.15, 0.2) is 0 Å². The van der Waals surface area contributed by atoms with Crippen LogP contribution in [-0.4, -0.2) is 35.1 Å². The van der Waals surface area contributed by atoms with Gasteiger partial charge >= 0.3 is 5.97 Å². The van der Waals surface area contributed by atoms with E-state index in [-0.39, 0.29) is 6.04 Å². The molecular weight excluding hydrogens is 214 g/mol. The van der Waals surface area contributed by atoms with Crippen LogP contribution in [0.2, 0.25) is 0 Å². The first-order valence-corrected chi connectivity index (χ1v) is 7.04. The predicted molar refractivity (Wildman–Crippen MR) is 67.9 cm³/mol. The second-order valence-electron chi connectivity index (χ2n) is 6.18. The van der Waals surface area contributed by atoms with Crippen molar-refractivity contribution < 1.29 is 9.90 Å². The maximum absolute atomic E-state index is 11.3. The van der Waals surface area contributed by atoms with E-state index in [4.69, 9.17) is 0 Å². The summed E-state index contributed by atoms with van der Waals surface area (Å²) in [4.78, 5) is 13.5. The van der Waals surface area contributed by atoms with Gasteiger partial charge in [0.25, 0.3) is 0 Å². The van der Waals surface area contributed by atoms with Crippen LogP contribution in [0, 0.1) is 17.8 Å². The monoisotopic (exact) mass is 239 g/mol. The molecule has 2 fully saturated rings.